The molecular weight excluding hydrogens is 410 g/mol. The van der Waals surface area contributed by atoms with Gasteiger partial charge in [-0.05, 0) is 31.5 Å². The minimum absolute atomic E-state index is 0.00550. The van der Waals surface area contributed by atoms with Gasteiger partial charge in [0.2, 0.25) is 5.88 Å². The lowest BCUT2D eigenvalue weighted by Crippen LogP contribution is -2.41. The second-order valence-electron chi connectivity index (χ2n) is 8.39. The molecular formula is C23H27N5O4. The summed E-state index contributed by atoms with van der Waals surface area (Å²) in [5, 5.41) is 7.89. The fourth-order valence-electron chi connectivity index (χ4n) is 4.32. The van der Waals surface area contributed by atoms with Crippen molar-refractivity contribution in [3.05, 3.63) is 36.7 Å². The second kappa shape index (κ2) is 8.31. The summed E-state index contributed by atoms with van der Waals surface area (Å²) in [7, 11) is 1.57. The third kappa shape index (κ3) is 3.84. The molecule has 0 spiro atoms. The molecule has 4 heterocycles. The highest BCUT2D eigenvalue weighted by molar-refractivity contribution is 5.84. The lowest BCUT2D eigenvalue weighted by molar-refractivity contribution is -0.136. The molecule has 4 bridgehead atoms. The largest absolute Gasteiger partial charge is 0.491 e. The summed E-state index contributed by atoms with van der Waals surface area (Å²) >= 11 is 0. The van der Waals surface area contributed by atoms with Gasteiger partial charge in [0, 0.05) is 56.2 Å². The van der Waals surface area contributed by atoms with Crippen LogP contribution in [0.15, 0.2) is 36.7 Å². The highest BCUT2D eigenvalue weighted by Crippen LogP contribution is 2.32. The van der Waals surface area contributed by atoms with E-state index in [1.54, 1.807) is 23.9 Å². The predicted octanol–water partition coefficient (Wildman–Crippen LogP) is 2.60. The summed E-state index contributed by atoms with van der Waals surface area (Å²) in [6, 6.07) is 7.73. The average Bonchev–Trinajstić information content (AvgIpc) is 3.32. The number of hydrogen-bond acceptors (Lipinski definition) is 7. The van der Waals surface area contributed by atoms with Gasteiger partial charge in [0.15, 0.2) is 5.65 Å². The van der Waals surface area contributed by atoms with Gasteiger partial charge in [-0.25, -0.2) is 4.52 Å². The highest BCUT2D eigenvalue weighted by Gasteiger charge is 2.39. The number of amides is 1. The predicted molar refractivity (Wildman–Crippen MR) is 119 cm³/mol. The minimum Gasteiger partial charge on any atom is -0.491 e. The monoisotopic (exact) mass is 437 g/mol. The Hall–Kier alpha value is -3.33. The minimum atomic E-state index is -0.439. The molecule has 1 N–H and O–H groups in total. The number of hydrogen-bond donors (Lipinski definition) is 1. The lowest BCUT2D eigenvalue weighted by atomic mass is 10.1. The zero-order valence-electron chi connectivity index (χ0n) is 18.4. The van der Waals surface area contributed by atoms with Crippen LogP contribution in [0.5, 0.6) is 11.6 Å². The van der Waals surface area contributed by atoms with Crippen molar-refractivity contribution in [1.29, 1.82) is 0 Å². The summed E-state index contributed by atoms with van der Waals surface area (Å²) in [5.74, 6) is 1.25. The van der Waals surface area contributed by atoms with Crippen molar-refractivity contribution in [3.63, 3.8) is 0 Å². The summed E-state index contributed by atoms with van der Waals surface area (Å²) in [4.78, 5) is 19.3. The number of aromatic nitrogens is 3. The van der Waals surface area contributed by atoms with E-state index in [0.29, 0.717) is 37.6 Å². The smallest absolute Gasteiger partial charge is 0.252 e. The zero-order chi connectivity index (χ0) is 22.2. The molecule has 32 heavy (non-hydrogen) atoms. The fraction of sp³-hybridized carbons (Fsp3) is 0.435. The van der Waals surface area contributed by atoms with Crippen LogP contribution in [0.2, 0.25) is 0 Å². The van der Waals surface area contributed by atoms with Gasteiger partial charge in [0.25, 0.3) is 5.91 Å². The van der Waals surface area contributed by atoms with Crippen LogP contribution in [-0.2, 0) is 9.53 Å². The summed E-state index contributed by atoms with van der Waals surface area (Å²) < 4.78 is 19.1. The SMILES string of the molecule is CO[C@@H]1C[C@H]2COc3ccn4ncc(c4n3)-c3cc(cc(OC(C)C)c3)NCCN2C1=O. The van der Waals surface area contributed by atoms with E-state index in [2.05, 4.69) is 10.4 Å². The van der Waals surface area contributed by atoms with E-state index in [1.165, 1.54) is 0 Å². The van der Waals surface area contributed by atoms with Gasteiger partial charge in [0.1, 0.15) is 18.5 Å². The van der Waals surface area contributed by atoms with Crippen LogP contribution < -0.4 is 14.8 Å². The number of rotatable bonds is 3. The first-order valence-electron chi connectivity index (χ1n) is 10.9. The number of carbonyl (C=O) groups excluding carboxylic acids is 1. The molecule has 2 atom stereocenters. The van der Waals surface area contributed by atoms with Crippen molar-refractivity contribution in [2.24, 2.45) is 0 Å². The van der Waals surface area contributed by atoms with Crippen LogP contribution in [0, 0.1) is 0 Å². The van der Waals surface area contributed by atoms with E-state index in [1.807, 2.05) is 43.1 Å². The number of nitrogens with one attached hydrogen (secondary N) is 1. The van der Waals surface area contributed by atoms with Gasteiger partial charge < -0.3 is 24.4 Å². The maximum absolute atomic E-state index is 12.8. The topological polar surface area (TPSA) is 90.2 Å². The van der Waals surface area contributed by atoms with Crippen molar-refractivity contribution in [1.82, 2.24) is 19.5 Å². The van der Waals surface area contributed by atoms with Gasteiger partial charge in [-0.3, -0.25) is 4.79 Å². The Kier molecular flexibility index (Phi) is 5.34. The van der Waals surface area contributed by atoms with Crippen molar-refractivity contribution in [3.8, 4) is 22.8 Å². The molecule has 0 unspecified atom stereocenters. The molecule has 2 aliphatic heterocycles. The molecule has 1 saturated heterocycles. The standard InChI is InChI=1S/C23H27N5O4/c1-14(2)32-18-9-15-8-16(10-18)24-5-7-27-17(11-20(30-3)23(27)29)13-31-21-4-6-28-22(26-21)19(15)12-25-28/h4,6,8-10,12,14,17,20,24H,5,7,11,13H2,1-3H3/t17-,20+/m0/s1. The number of nitrogens with zero attached hydrogens (tertiary/aromatic N) is 4. The van der Waals surface area contributed by atoms with E-state index >= 15 is 0 Å². The first kappa shape index (κ1) is 20.6. The second-order valence-corrected chi connectivity index (χ2v) is 8.39. The molecule has 1 aromatic carbocycles. The van der Waals surface area contributed by atoms with Crippen molar-refractivity contribution < 1.29 is 19.0 Å². The number of anilines is 1. The maximum Gasteiger partial charge on any atom is 0.252 e. The van der Waals surface area contributed by atoms with Crippen LogP contribution in [-0.4, -0.2) is 70.5 Å². The molecule has 1 fully saturated rings. The van der Waals surface area contributed by atoms with Crippen LogP contribution in [0.4, 0.5) is 5.69 Å². The molecule has 2 aromatic heterocycles. The Morgan fingerprint density at radius 3 is 2.97 bits per heavy atom. The molecule has 3 aromatic rings. The van der Waals surface area contributed by atoms with E-state index in [-0.39, 0.29) is 18.1 Å². The van der Waals surface area contributed by atoms with E-state index in [4.69, 9.17) is 19.2 Å². The van der Waals surface area contributed by atoms with Crippen LogP contribution in [0.25, 0.3) is 16.8 Å². The first-order chi connectivity index (χ1) is 15.5. The summed E-state index contributed by atoms with van der Waals surface area (Å²) in [5.41, 5.74) is 3.44. The van der Waals surface area contributed by atoms with Gasteiger partial charge in [-0.15, -0.1) is 0 Å². The van der Waals surface area contributed by atoms with E-state index < -0.39 is 6.10 Å². The van der Waals surface area contributed by atoms with Crippen LogP contribution in [0.3, 0.4) is 0 Å². The lowest BCUT2D eigenvalue weighted by Gasteiger charge is -2.25. The highest BCUT2D eigenvalue weighted by atomic mass is 16.5. The zero-order valence-corrected chi connectivity index (χ0v) is 18.4. The molecule has 168 valence electrons. The molecule has 1 amide bonds. The van der Waals surface area contributed by atoms with Gasteiger partial charge in [-0.2, -0.15) is 10.1 Å². The molecule has 0 aliphatic carbocycles. The summed E-state index contributed by atoms with van der Waals surface area (Å²) in [6.07, 6.45) is 3.83. The van der Waals surface area contributed by atoms with Crippen LogP contribution >= 0.6 is 0 Å². The van der Waals surface area contributed by atoms with Crippen molar-refractivity contribution in [2.45, 2.75) is 38.5 Å². The molecule has 0 radical (unpaired) electrons. The Balaban J connectivity index is 1.57. The van der Waals surface area contributed by atoms with Gasteiger partial charge in [-0.1, -0.05) is 0 Å². The van der Waals surface area contributed by atoms with Crippen molar-refractivity contribution in [2.75, 3.05) is 32.1 Å². The average molecular weight is 438 g/mol. The van der Waals surface area contributed by atoms with Crippen molar-refractivity contribution >= 4 is 17.2 Å². The maximum atomic E-state index is 12.8. The van der Waals surface area contributed by atoms with Gasteiger partial charge in [0.05, 0.1) is 18.3 Å². The Bertz CT molecular complexity index is 1140. The number of fused-ring (bicyclic) bond motifs is 5. The molecule has 9 heteroatoms. The quantitative estimate of drug-likeness (QED) is 0.674. The number of ether oxygens (including phenoxy) is 3. The normalized spacial score (nSPS) is 20.8. The van der Waals surface area contributed by atoms with Crippen LogP contribution in [0.1, 0.15) is 20.3 Å². The Morgan fingerprint density at radius 2 is 2.16 bits per heavy atom. The fourth-order valence-corrected chi connectivity index (χ4v) is 4.32. The molecule has 5 rings (SSSR count). The van der Waals surface area contributed by atoms with E-state index in [0.717, 1.165) is 22.6 Å². The first-order valence-corrected chi connectivity index (χ1v) is 10.9. The number of methoxy groups -OCH3 is 1. The third-order valence-electron chi connectivity index (χ3n) is 5.81. The Labute approximate surface area is 186 Å². The molecule has 9 nitrogen and oxygen atoms in total. The van der Waals surface area contributed by atoms with E-state index in [9.17, 15) is 4.79 Å². The number of benzene rings is 1. The molecule has 0 saturated carbocycles. The number of carbonyl (C=O) groups is 1. The summed E-state index contributed by atoms with van der Waals surface area (Å²) in [6.45, 7) is 5.49. The molecule has 2 aliphatic rings. The third-order valence-corrected chi connectivity index (χ3v) is 5.81. The van der Waals surface area contributed by atoms with Gasteiger partial charge >= 0.3 is 0 Å². The Morgan fingerprint density at radius 1 is 1.28 bits per heavy atom.